The van der Waals surface area contributed by atoms with Gasteiger partial charge in [-0.1, -0.05) is 35.1 Å². The first-order chi connectivity index (χ1) is 16.8. The molecular formula is C25H22BrClN2O5S. The summed E-state index contributed by atoms with van der Waals surface area (Å²) in [5.74, 6) is 0.648. The minimum Gasteiger partial charge on any atom is -0.496 e. The van der Waals surface area contributed by atoms with Gasteiger partial charge >= 0.3 is 5.97 Å². The first-order valence-electron chi connectivity index (χ1n) is 10.7. The van der Waals surface area contributed by atoms with Crippen molar-refractivity contribution in [3.8, 4) is 11.5 Å². The monoisotopic (exact) mass is 576 g/mol. The largest absolute Gasteiger partial charge is 0.496 e. The molecule has 0 saturated carbocycles. The van der Waals surface area contributed by atoms with E-state index >= 15 is 0 Å². The summed E-state index contributed by atoms with van der Waals surface area (Å²) in [6.45, 7) is 3.69. The second-order valence-corrected chi connectivity index (χ2v) is 9.88. The molecule has 7 nitrogen and oxygen atoms in total. The van der Waals surface area contributed by atoms with Crippen LogP contribution < -0.4 is 24.4 Å². The molecule has 0 bridgehead atoms. The molecule has 1 aliphatic rings. The Bertz CT molecular complexity index is 1510. The Kier molecular flexibility index (Phi) is 7.49. The second kappa shape index (κ2) is 10.4. The zero-order valence-electron chi connectivity index (χ0n) is 19.4. The summed E-state index contributed by atoms with van der Waals surface area (Å²) in [6, 6.07) is 9.91. The van der Waals surface area contributed by atoms with Crippen molar-refractivity contribution in [2.75, 3.05) is 20.8 Å². The lowest BCUT2D eigenvalue weighted by atomic mass is 9.96. The summed E-state index contributed by atoms with van der Waals surface area (Å²) < 4.78 is 18.9. The maximum absolute atomic E-state index is 13.7. The Hall–Kier alpha value is -2.88. The molecule has 0 radical (unpaired) electrons. The Balaban J connectivity index is 1.96. The van der Waals surface area contributed by atoms with Crippen molar-refractivity contribution in [1.82, 2.24) is 4.57 Å². The number of hydrogen-bond acceptors (Lipinski definition) is 7. The van der Waals surface area contributed by atoms with Crippen LogP contribution in [0.15, 0.2) is 61.9 Å². The number of fused-ring (bicyclic) bond motifs is 1. The fourth-order valence-electron chi connectivity index (χ4n) is 3.89. The topological polar surface area (TPSA) is 79.1 Å². The first kappa shape index (κ1) is 25.2. The molecule has 3 aromatic rings. The highest BCUT2D eigenvalue weighted by atomic mass is 79.9. The molecule has 0 aliphatic carbocycles. The van der Waals surface area contributed by atoms with Gasteiger partial charge in [0.15, 0.2) is 4.80 Å². The van der Waals surface area contributed by atoms with E-state index in [0.29, 0.717) is 42.7 Å². The van der Waals surface area contributed by atoms with Gasteiger partial charge in [0.2, 0.25) is 0 Å². The van der Waals surface area contributed by atoms with Crippen LogP contribution in [-0.4, -0.2) is 31.4 Å². The molecule has 0 spiro atoms. The Morgan fingerprint density at radius 1 is 1.20 bits per heavy atom. The number of esters is 1. The van der Waals surface area contributed by atoms with Crippen molar-refractivity contribution < 1.29 is 19.0 Å². The quantitative estimate of drug-likeness (QED) is 0.410. The van der Waals surface area contributed by atoms with Gasteiger partial charge in [0.25, 0.3) is 5.56 Å². The summed E-state index contributed by atoms with van der Waals surface area (Å²) in [7, 11) is 3.12. The van der Waals surface area contributed by atoms with Crippen LogP contribution in [0.4, 0.5) is 0 Å². The van der Waals surface area contributed by atoms with Crippen LogP contribution in [0, 0.1) is 0 Å². The molecule has 0 amide bonds. The summed E-state index contributed by atoms with van der Waals surface area (Å²) in [5.41, 5.74) is 1.95. The highest BCUT2D eigenvalue weighted by molar-refractivity contribution is 9.10. The molecule has 1 atom stereocenters. The van der Waals surface area contributed by atoms with Crippen molar-refractivity contribution >= 4 is 50.9 Å². The molecular weight excluding hydrogens is 556 g/mol. The number of halogens is 2. The SMILES string of the molecule is CCOC(=O)C1=C(C)N=c2s/c(=C\c3cc(Br)c(OC)cc3OC)c(=O)n2C1c1ccc(Cl)cc1. The van der Waals surface area contributed by atoms with E-state index in [1.54, 1.807) is 64.5 Å². The molecule has 10 heteroatoms. The van der Waals surface area contributed by atoms with Crippen LogP contribution >= 0.6 is 38.9 Å². The number of ether oxygens (including phenoxy) is 3. The van der Waals surface area contributed by atoms with E-state index in [2.05, 4.69) is 20.9 Å². The number of allylic oxidation sites excluding steroid dienone is 1. The summed E-state index contributed by atoms with van der Waals surface area (Å²) in [6.07, 6.45) is 1.75. The van der Waals surface area contributed by atoms with Crippen LogP contribution in [0.3, 0.4) is 0 Å². The van der Waals surface area contributed by atoms with E-state index in [-0.39, 0.29) is 12.2 Å². The predicted octanol–water partition coefficient (Wildman–Crippen LogP) is 4.23. The van der Waals surface area contributed by atoms with Crippen molar-refractivity contribution in [1.29, 1.82) is 0 Å². The molecule has 2 heterocycles. The fourth-order valence-corrected chi connectivity index (χ4v) is 5.58. The normalized spacial score (nSPS) is 15.5. The van der Waals surface area contributed by atoms with Crippen LogP contribution in [0.25, 0.3) is 6.08 Å². The Labute approximate surface area is 219 Å². The second-order valence-electron chi connectivity index (χ2n) is 7.58. The van der Waals surface area contributed by atoms with Crippen LogP contribution in [0.1, 0.15) is 31.0 Å². The third kappa shape index (κ3) is 4.80. The van der Waals surface area contributed by atoms with Gasteiger partial charge in [-0.25, -0.2) is 9.79 Å². The lowest BCUT2D eigenvalue weighted by molar-refractivity contribution is -0.139. The fraction of sp³-hybridized carbons (Fsp3) is 0.240. The van der Waals surface area contributed by atoms with Gasteiger partial charge in [0.1, 0.15) is 11.5 Å². The molecule has 4 rings (SSSR count). The van der Waals surface area contributed by atoms with Gasteiger partial charge in [-0.3, -0.25) is 9.36 Å². The molecule has 0 saturated heterocycles. The van der Waals surface area contributed by atoms with Crippen LogP contribution in [-0.2, 0) is 9.53 Å². The molecule has 182 valence electrons. The van der Waals surface area contributed by atoms with Gasteiger partial charge in [0.05, 0.1) is 47.1 Å². The number of hydrogen-bond donors (Lipinski definition) is 0. The third-order valence-electron chi connectivity index (χ3n) is 5.49. The molecule has 35 heavy (non-hydrogen) atoms. The van der Waals surface area contributed by atoms with Crippen molar-refractivity contribution in [2.45, 2.75) is 19.9 Å². The highest BCUT2D eigenvalue weighted by Gasteiger charge is 2.33. The van der Waals surface area contributed by atoms with Gasteiger partial charge in [-0.05, 0) is 59.6 Å². The maximum atomic E-state index is 13.7. The molecule has 2 aromatic carbocycles. The van der Waals surface area contributed by atoms with E-state index in [0.717, 1.165) is 10.0 Å². The van der Waals surface area contributed by atoms with Gasteiger partial charge in [-0.2, -0.15) is 0 Å². The van der Waals surface area contributed by atoms with Crippen molar-refractivity contribution in [2.24, 2.45) is 4.99 Å². The van der Waals surface area contributed by atoms with Crippen LogP contribution in [0.2, 0.25) is 5.02 Å². The minimum absolute atomic E-state index is 0.208. The smallest absolute Gasteiger partial charge is 0.338 e. The average molecular weight is 578 g/mol. The highest BCUT2D eigenvalue weighted by Crippen LogP contribution is 2.34. The summed E-state index contributed by atoms with van der Waals surface area (Å²) in [4.78, 5) is 31.7. The zero-order chi connectivity index (χ0) is 25.3. The van der Waals surface area contributed by atoms with E-state index < -0.39 is 12.0 Å². The molecule has 1 unspecified atom stereocenters. The number of carbonyl (C=O) groups excluding carboxylic acids is 1. The van der Waals surface area contributed by atoms with Gasteiger partial charge in [0, 0.05) is 16.7 Å². The van der Waals surface area contributed by atoms with E-state index in [1.165, 1.54) is 15.9 Å². The summed E-state index contributed by atoms with van der Waals surface area (Å²) in [5, 5.41) is 0.553. The third-order valence-corrected chi connectivity index (χ3v) is 7.35. The van der Waals surface area contributed by atoms with Crippen molar-refractivity contribution in [3.63, 3.8) is 0 Å². The lowest BCUT2D eigenvalue weighted by Gasteiger charge is -2.24. The minimum atomic E-state index is -0.700. The standard InChI is InChI=1S/C25H22BrClN2O5S/c1-5-34-24(31)21-13(2)28-25-29(22(21)14-6-8-16(27)9-7-14)23(30)20(35-25)11-15-10-17(26)19(33-4)12-18(15)32-3/h6-12,22H,5H2,1-4H3/b20-11-. The summed E-state index contributed by atoms with van der Waals surface area (Å²) >= 11 is 10.8. The number of rotatable bonds is 6. The maximum Gasteiger partial charge on any atom is 0.338 e. The molecule has 1 aliphatic heterocycles. The van der Waals surface area contributed by atoms with E-state index in [9.17, 15) is 9.59 Å². The molecule has 0 N–H and O–H groups in total. The van der Waals surface area contributed by atoms with Crippen LogP contribution in [0.5, 0.6) is 11.5 Å². The number of nitrogens with zero attached hydrogens (tertiary/aromatic N) is 2. The Morgan fingerprint density at radius 3 is 2.51 bits per heavy atom. The number of aromatic nitrogens is 1. The van der Waals surface area contributed by atoms with E-state index in [4.69, 9.17) is 25.8 Å². The Morgan fingerprint density at radius 2 is 1.89 bits per heavy atom. The van der Waals surface area contributed by atoms with Crippen molar-refractivity contribution in [3.05, 3.63) is 88.0 Å². The molecule has 0 fully saturated rings. The predicted molar refractivity (Wildman–Crippen MR) is 139 cm³/mol. The zero-order valence-corrected chi connectivity index (χ0v) is 22.6. The lowest BCUT2D eigenvalue weighted by Crippen LogP contribution is -2.39. The number of methoxy groups -OCH3 is 2. The number of thiazole rings is 1. The average Bonchev–Trinajstić information content (AvgIpc) is 3.13. The first-order valence-corrected chi connectivity index (χ1v) is 12.6. The van der Waals surface area contributed by atoms with E-state index in [1.807, 2.05) is 6.07 Å². The van der Waals surface area contributed by atoms with Gasteiger partial charge in [-0.15, -0.1) is 0 Å². The number of benzene rings is 2. The molecule has 1 aromatic heterocycles. The number of carbonyl (C=O) groups is 1. The van der Waals surface area contributed by atoms with Gasteiger partial charge < -0.3 is 14.2 Å².